The van der Waals surface area contributed by atoms with Crippen LogP contribution in [0.3, 0.4) is 0 Å². The lowest BCUT2D eigenvalue weighted by Crippen LogP contribution is -2.25. The summed E-state index contributed by atoms with van der Waals surface area (Å²) in [5, 5.41) is 0. The highest BCUT2D eigenvalue weighted by atomic mass is 32.2. The zero-order valence-electron chi connectivity index (χ0n) is 10.2. The van der Waals surface area contributed by atoms with Gasteiger partial charge in [0.05, 0.1) is 5.69 Å². The molecule has 0 aliphatic heterocycles. The van der Waals surface area contributed by atoms with Crippen LogP contribution in [-0.4, -0.2) is 19.9 Å². The van der Waals surface area contributed by atoms with Crippen LogP contribution in [0.5, 0.6) is 0 Å². The van der Waals surface area contributed by atoms with E-state index in [1.54, 1.807) is 6.07 Å². The molecule has 6 heteroatoms. The molecule has 0 atom stereocenters. The summed E-state index contributed by atoms with van der Waals surface area (Å²) >= 11 is 0. The normalized spacial score (nSPS) is 12.0. The molecule has 0 bridgehead atoms. The molecule has 0 radical (unpaired) electrons. The van der Waals surface area contributed by atoms with Crippen molar-refractivity contribution >= 4 is 10.0 Å². The zero-order chi connectivity index (χ0) is 12.9. The molecule has 0 fully saturated rings. The Morgan fingerprint density at radius 2 is 2.12 bits per heavy atom. The minimum Gasteiger partial charge on any atom is -0.325 e. The number of hydrogen-bond donors (Lipinski definition) is 2. The Bertz CT molecular complexity index is 440. The summed E-state index contributed by atoms with van der Waals surface area (Å²) in [6.45, 7) is 4.84. The molecule has 0 aliphatic carbocycles. The zero-order valence-corrected chi connectivity index (χ0v) is 11.0. The van der Waals surface area contributed by atoms with Gasteiger partial charge in [0.25, 0.3) is 0 Å². The van der Waals surface area contributed by atoms with E-state index in [4.69, 9.17) is 5.73 Å². The molecule has 17 heavy (non-hydrogen) atoms. The average molecular weight is 257 g/mol. The Morgan fingerprint density at radius 3 is 2.59 bits per heavy atom. The predicted octanol–water partition coefficient (Wildman–Crippen LogP) is 0.865. The number of hydrogen-bond acceptors (Lipinski definition) is 4. The Balaban J connectivity index is 2.68. The fraction of sp³-hybridized carbons (Fsp3) is 0.545. The molecule has 96 valence electrons. The lowest BCUT2D eigenvalue weighted by atomic mass is 10.1. The molecule has 0 saturated heterocycles. The van der Waals surface area contributed by atoms with E-state index in [1.165, 1.54) is 12.3 Å². The van der Waals surface area contributed by atoms with Crippen molar-refractivity contribution in [1.29, 1.82) is 0 Å². The highest BCUT2D eigenvalue weighted by molar-refractivity contribution is 7.89. The number of sulfonamides is 1. The molecule has 0 spiro atoms. The second-order valence-electron chi connectivity index (χ2n) is 4.27. The topological polar surface area (TPSA) is 85.1 Å². The van der Waals surface area contributed by atoms with Gasteiger partial charge in [0, 0.05) is 19.3 Å². The van der Waals surface area contributed by atoms with Crippen LogP contribution in [0.4, 0.5) is 0 Å². The van der Waals surface area contributed by atoms with E-state index < -0.39 is 10.0 Å². The molecule has 1 aromatic heterocycles. The van der Waals surface area contributed by atoms with Crippen molar-refractivity contribution < 1.29 is 8.42 Å². The van der Waals surface area contributed by atoms with Crippen molar-refractivity contribution in [3.63, 3.8) is 0 Å². The van der Waals surface area contributed by atoms with Gasteiger partial charge in [0.2, 0.25) is 10.0 Å². The van der Waals surface area contributed by atoms with Crippen molar-refractivity contribution in [2.24, 2.45) is 11.7 Å². The van der Waals surface area contributed by atoms with Gasteiger partial charge >= 0.3 is 0 Å². The first-order chi connectivity index (χ1) is 7.95. The monoisotopic (exact) mass is 257 g/mol. The van der Waals surface area contributed by atoms with Crippen LogP contribution in [0.1, 0.15) is 26.0 Å². The van der Waals surface area contributed by atoms with Crippen LogP contribution in [0, 0.1) is 5.92 Å². The number of pyridine rings is 1. The van der Waals surface area contributed by atoms with Gasteiger partial charge in [-0.15, -0.1) is 0 Å². The second-order valence-corrected chi connectivity index (χ2v) is 6.04. The van der Waals surface area contributed by atoms with Crippen LogP contribution in [0.25, 0.3) is 0 Å². The molecule has 0 amide bonds. The molecule has 5 nitrogen and oxygen atoms in total. The maximum Gasteiger partial charge on any atom is 0.242 e. The molecule has 0 aliphatic rings. The van der Waals surface area contributed by atoms with E-state index in [0.717, 1.165) is 6.42 Å². The van der Waals surface area contributed by atoms with E-state index in [1.807, 2.05) is 13.8 Å². The highest BCUT2D eigenvalue weighted by Gasteiger charge is 2.13. The van der Waals surface area contributed by atoms with Gasteiger partial charge in [-0.05, 0) is 24.5 Å². The number of aromatic nitrogens is 1. The molecule has 0 saturated carbocycles. The molecule has 1 heterocycles. The average Bonchev–Trinajstić information content (AvgIpc) is 2.28. The van der Waals surface area contributed by atoms with Crippen LogP contribution < -0.4 is 10.5 Å². The fourth-order valence-electron chi connectivity index (χ4n) is 1.26. The molecular weight excluding hydrogens is 238 g/mol. The number of nitrogens with one attached hydrogen (secondary N) is 1. The summed E-state index contributed by atoms with van der Waals surface area (Å²) in [5.41, 5.74) is 6.07. The molecule has 1 aromatic rings. The second kappa shape index (κ2) is 6.09. The Hall–Kier alpha value is -0.980. The highest BCUT2D eigenvalue weighted by Crippen LogP contribution is 2.08. The minimum atomic E-state index is -3.43. The van der Waals surface area contributed by atoms with E-state index in [9.17, 15) is 8.42 Å². The quantitative estimate of drug-likeness (QED) is 0.791. The summed E-state index contributed by atoms with van der Waals surface area (Å²) in [6, 6.07) is 3.14. The third-order valence-electron chi connectivity index (χ3n) is 2.33. The third kappa shape index (κ3) is 4.41. The van der Waals surface area contributed by atoms with Gasteiger partial charge in [-0.2, -0.15) is 0 Å². The van der Waals surface area contributed by atoms with Gasteiger partial charge in [0.15, 0.2) is 0 Å². The molecular formula is C11H19N3O2S. The van der Waals surface area contributed by atoms with Crippen molar-refractivity contribution in [2.45, 2.75) is 31.7 Å². The van der Waals surface area contributed by atoms with Gasteiger partial charge in [-0.1, -0.05) is 13.8 Å². The van der Waals surface area contributed by atoms with Crippen LogP contribution in [-0.2, 0) is 16.6 Å². The Labute approximate surface area is 102 Å². The summed E-state index contributed by atoms with van der Waals surface area (Å²) < 4.78 is 26.2. The summed E-state index contributed by atoms with van der Waals surface area (Å²) in [7, 11) is -3.43. The van der Waals surface area contributed by atoms with E-state index in [0.29, 0.717) is 24.7 Å². The Kier molecular flexibility index (Phi) is 5.04. The lowest BCUT2D eigenvalue weighted by molar-refractivity contribution is 0.551. The van der Waals surface area contributed by atoms with Crippen molar-refractivity contribution in [1.82, 2.24) is 9.71 Å². The first-order valence-electron chi connectivity index (χ1n) is 5.60. The Morgan fingerprint density at radius 1 is 1.41 bits per heavy atom. The molecule has 0 aromatic carbocycles. The number of rotatable bonds is 6. The van der Waals surface area contributed by atoms with Crippen LogP contribution in [0.15, 0.2) is 23.2 Å². The summed E-state index contributed by atoms with van der Waals surface area (Å²) in [4.78, 5) is 4.14. The van der Waals surface area contributed by atoms with E-state index in [-0.39, 0.29) is 4.90 Å². The van der Waals surface area contributed by atoms with Gasteiger partial charge in [-0.3, -0.25) is 4.98 Å². The first-order valence-corrected chi connectivity index (χ1v) is 7.08. The smallest absolute Gasteiger partial charge is 0.242 e. The van der Waals surface area contributed by atoms with Gasteiger partial charge in [0.1, 0.15) is 4.90 Å². The first kappa shape index (κ1) is 14.1. The van der Waals surface area contributed by atoms with Crippen LogP contribution in [0.2, 0.25) is 0 Å². The fourth-order valence-corrected chi connectivity index (χ4v) is 2.25. The maximum atomic E-state index is 11.8. The minimum absolute atomic E-state index is 0.179. The number of nitrogens with two attached hydrogens (primary N) is 1. The van der Waals surface area contributed by atoms with Crippen LogP contribution >= 0.6 is 0 Å². The van der Waals surface area contributed by atoms with Gasteiger partial charge in [-0.25, -0.2) is 13.1 Å². The largest absolute Gasteiger partial charge is 0.325 e. The van der Waals surface area contributed by atoms with E-state index >= 15 is 0 Å². The van der Waals surface area contributed by atoms with Gasteiger partial charge < -0.3 is 5.73 Å². The lowest BCUT2D eigenvalue weighted by Gasteiger charge is -2.08. The SMILES string of the molecule is CC(C)CCNS(=O)(=O)c1ccc(CN)nc1. The van der Waals surface area contributed by atoms with Crippen molar-refractivity contribution in [3.8, 4) is 0 Å². The maximum absolute atomic E-state index is 11.8. The summed E-state index contributed by atoms with van der Waals surface area (Å²) in [5.74, 6) is 0.468. The summed E-state index contributed by atoms with van der Waals surface area (Å²) in [6.07, 6.45) is 2.15. The number of nitrogens with zero attached hydrogens (tertiary/aromatic N) is 1. The third-order valence-corrected chi connectivity index (χ3v) is 3.78. The standard InChI is InChI=1S/C11H19N3O2S/c1-9(2)5-6-14-17(15,16)11-4-3-10(7-12)13-8-11/h3-4,8-9,14H,5-7,12H2,1-2H3. The predicted molar refractivity (Wildman–Crippen MR) is 66.8 cm³/mol. The van der Waals surface area contributed by atoms with E-state index in [2.05, 4.69) is 9.71 Å². The van der Waals surface area contributed by atoms with Crippen molar-refractivity contribution in [2.75, 3.05) is 6.54 Å². The molecule has 1 rings (SSSR count). The molecule has 3 N–H and O–H groups in total. The van der Waals surface area contributed by atoms with Crippen molar-refractivity contribution in [3.05, 3.63) is 24.0 Å². The molecule has 0 unspecified atom stereocenters.